The van der Waals surface area contributed by atoms with Crippen LogP contribution in [0.4, 0.5) is 11.4 Å². The fourth-order valence-corrected chi connectivity index (χ4v) is 3.64. The zero-order valence-corrected chi connectivity index (χ0v) is 19.6. The van der Waals surface area contributed by atoms with Crippen molar-refractivity contribution in [1.82, 2.24) is 5.32 Å². The molecule has 4 aromatic rings. The van der Waals surface area contributed by atoms with Crippen LogP contribution in [-0.4, -0.2) is 20.8 Å². The lowest BCUT2D eigenvalue weighted by Crippen LogP contribution is -2.17. The summed E-state index contributed by atoms with van der Waals surface area (Å²) >= 11 is 0. The molecule has 0 aromatic heterocycles. The Hall–Kier alpha value is -3.96. The molecule has 0 fully saturated rings. The molecule has 0 radical (unpaired) electrons. The van der Waals surface area contributed by atoms with Crippen LogP contribution in [0.25, 0.3) is 0 Å². The monoisotopic (exact) mass is 454 g/mol. The number of nitrogens with one attached hydrogen (secondary N) is 2. The predicted molar refractivity (Wildman–Crippen MR) is 138 cm³/mol. The summed E-state index contributed by atoms with van der Waals surface area (Å²) in [7, 11) is 3.37. The van der Waals surface area contributed by atoms with Crippen molar-refractivity contribution in [2.75, 3.05) is 26.1 Å². The van der Waals surface area contributed by atoms with Gasteiger partial charge in [0.15, 0.2) is 0 Å². The summed E-state index contributed by atoms with van der Waals surface area (Å²) in [5.41, 5.74) is 4.36. The lowest BCUT2D eigenvalue weighted by Gasteiger charge is -2.13. The molecule has 0 aliphatic carbocycles. The highest BCUT2D eigenvalue weighted by atomic mass is 16.5. The molecular formula is C29H30N2O3. The molecule has 0 heterocycles. The van der Waals surface area contributed by atoms with Gasteiger partial charge in [-0.05, 0) is 61.0 Å². The first-order valence-corrected chi connectivity index (χ1v) is 11.3. The highest BCUT2D eigenvalue weighted by Crippen LogP contribution is 2.30. The molecule has 4 aromatic carbocycles. The van der Waals surface area contributed by atoms with E-state index in [0.29, 0.717) is 0 Å². The molecule has 0 bridgehead atoms. The first-order chi connectivity index (χ1) is 16.7. The molecule has 0 unspecified atom stereocenters. The Kier molecular flexibility index (Phi) is 8.04. The van der Waals surface area contributed by atoms with Crippen molar-refractivity contribution < 1.29 is 14.2 Å². The van der Waals surface area contributed by atoms with Crippen LogP contribution >= 0.6 is 0 Å². The van der Waals surface area contributed by atoms with Gasteiger partial charge in [0.2, 0.25) is 0 Å². The quantitative estimate of drug-likeness (QED) is 0.251. The van der Waals surface area contributed by atoms with Crippen LogP contribution in [0.5, 0.6) is 23.0 Å². The van der Waals surface area contributed by atoms with Crippen LogP contribution in [0.1, 0.15) is 11.1 Å². The Morgan fingerprint density at radius 1 is 0.647 bits per heavy atom. The standard InChI is InChI=1S/C29H30N2O3/c1-32-26-14-11-22(12-15-26)17-18-30-21-23-13-16-28(20-29(23)33-2)34-27-10-6-9-25(19-27)31-24-7-4-3-5-8-24/h3-16,19-20,30-31H,17-18,21H2,1-2H3. The Bertz CT molecular complexity index is 1180. The summed E-state index contributed by atoms with van der Waals surface area (Å²) in [5.74, 6) is 3.17. The second-order valence-corrected chi connectivity index (χ2v) is 7.87. The molecule has 0 spiro atoms. The smallest absolute Gasteiger partial charge is 0.131 e. The fourth-order valence-electron chi connectivity index (χ4n) is 3.64. The van der Waals surface area contributed by atoms with Crippen molar-refractivity contribution in [2.24, 2.45) is 0 Å². The minimum absolute atomic E-state index is 0.718. The molecule has 0 aliphatic heterocycles. The summed E-state index contributed by atoms with van der Waals surface area (Å²) in [6, 6.07) is 32.1. The second-order valence-electron chi connectivity index (χ2n) is 7.87. The summed E-state index contributed by atoms with van der Waals surface area (Å²) in [6.07, 6.45) is 0.945. The number of para-hydroxylation sites is 1. The molecule has 0 saturated carbocycles. The molecule has 0 amide bonds. The lowest BCUT2D eigenvalue weighted by molar-refractivity contribution is 0.402. The zero-order valence-electron chi connectivity index (χ0n) is 19.6. The summed E-state index contributed by atoms with van der Waals surface area (Å²) in [4.78, 5) is 0. The van der Waals surface area contributed by atoms with Crippen molar-refractivity contribution in [3.05, 3.63) is 108 Å². The third-order valence-electron chi connectivity index (χ3n) is 5.46. The summed E-state index contributed by atoms with van der Waals surface area (Å²) in [5, 5.41) is 6.88. The largest absolute Gasteiger partial charge is 0.497 e. The van der Waals surface area contributed by atoms with E-state index in [1.807, 2.05) is 84.9 Å². The van der Waals surface area contributed by atoms with Gasteiger partial charge >= 0.3 is 0 Å². The molecule has 174 valence electrons. The van der Waals surface area contributed by atoms with Gasteiger partial charge in [0, 0.05) is 35.6 Å². The number of hydrogen-bond acceptors (Lipinski definition) is 5. The van der Waals surface area contributed by atoms with Crippen molar-refractivity contribution in [2.45, 2.75) is 13.0 Å². The molecule has 0 aliphatic rings. The topological polar surface area (TPSA) is 51.8 Å². The minimum Gasteiger partial charge on any atom is -0.497 e. The molecule has 0 atom stereocenters. The maximum Gasteiger partial charge on any atom is 0.131 e. The third-order valence-corrected chi connectivity index (χ3v) is 5.46. The van der Waals surface area contributed by atoms with Gasteiger partial charge in [-0.3, -0.25) is 0 Å². The molecule has 4 rings (SSSR count). The van der Waals surface area contributed by atoms with Gasteiger partial charge in [0.25, 0.3) is 0 Å². The van der Waals surface area contributed by atoms with Crippen LogP contribution in [-0.2, 0) is 13.0 Å². The van der Waals surface area contributed by atoms with Crippen molar-refractivity contribution >= 4 is 11.4 Å². The van der Waals surface area contributed by atoms with Gasteiger partial charge in [-0.15, -0.1) is 0 Å². The van der Waals surface area contributed by atoms with E-state index in [1.54, 1.807) is 14.2 Å². The molecule has 2 N–H and O–H groups in total. The second kappa shape index (κ2) is 11.8. The number of rotatable bonds is 11. The maximum atomic E-state index is 6.11. The first kappa shape index (κ1) is 23.2. The SMILES string of the molecule is COc1ccc(CCNCc2ccc(Oc3cccc(Nc4ccccc4)c3)cc2OC)cc1. The average molecular weight is 455 g/mol. The molecule has 5 nitrogen and oxygen atoms in total. The Morgan fingerprint density at radius 3 is 2.15 bits per heavy atom. The summed E-state index contributed by atoms with van der Waals surface area (Å²) in [6.45, 7) is 1.59. The van der Waals surface area contributed by atoms with E-state index >= 15 is 0 Å². The highest BCUT2D eigenvalue weighted by Gasteiger charge is 2.07. The molecular weight excluding hydrogens is 424 g/mol. The number of ether oxygens (including phenoxy) is 3. The number of benzene rings is 4. The van der Waals surface area contributed by atoms with Crippen LogP contribution < -0.4 is 24.8 Å². The lowest BCUT2D eigenvalue weighted by atomic mass is 10.1. The Labute approximate surface area is 201 Å². The van der Waals surface area contributed by atoms with Gasteiger partial charge < -0.3 is 24.8 Å². The van der Waals surface area contributed by atoms with E-state index in [-0.39, 0.29) is 0 Å². The zero-order chi connectivity index (χ0) is 23.6. The Balaban J connectivity index is 1.33. The van der Waals surface area contributed by atoms with E-state index < -0.39 is 0 Å². The summed E-state index contributed by atoms with van der Waals surface area (Å²) < 4.78 is 16.9. The predicted octanol–water partition coefficient (Wildman–Crippen LogP) is 6.57. The Morgan fingerprint density at radius 2 is 1.38 bits per heavy atom. The van der Waals surface area contributed by atoms with E-state index in [0.717, 1.165) is 59.4 Å². The van der Waals surface area contributed by atoms with E-state index in [2.05, 4.69) is 22.8 Å². The first-order valence-electron chi connectivity index (χ1n) is 11.3. The van der Waals surface area contributed by atoms with Crippen molar-refractivity contribution in [3.63, 3.8) is 0 Å². The van der Waals surface area contributed by atoms with Crippen molar-refractivity contribution in [1.29, 1.82) is 0 Å². The van der Waals surface area contributed by atoms with Gasteiger partial charge in [0.05, 0.1) is 14.2 Å². The molecule has 5 heteroatoms. The average Bonchev–Trinajstić information content (AvgIpc) is 2.88. The normalized spacial score (nSPS) is 10.5. The van der Waals surface area contributed by atoms with Gasteiger partial charge in [-0.25, -0.2) is 0 Å². The van der Waals surface area contributed by atoms with Gasteiger partial charge in [0.1, 0.15) is 23.0 Å². The van der Waals surface area contributed by atoms with E-state index in [9.17, 15) is 0 Å². The number of hydrogen-bond donors (Lipinski definition) is 2. The van der Waals surface area contributed by atoms with Crippen LogP contribution in [0.2, 0.25) is 0 Å². The maximum absolute atomic E-state index is 6.11. The van der Waals surface area contributed by atoms with Crippen LogP contribution in [0.15, 0.2) is 97.1 Å². The number of methoxy groups -OCH3 is 2. The van der Waals surface area contributed by atoms with Crippen LogP contribution in [0.3, 0.4) is 0 Å². The third kappa shape index (κ3) is 6.53. The molecule has 0 saturated heterocycles. The molecule has 34 heavy (non-hydrogen) atoms. The van der Waals surface area contributed by atoms with E-state index in [4.69, 9.17) is 14.2 Å². The van der Waals surface area contributed by atoms with Gasteiger partial charge in [-0.2, -0.15) is 0 Å². The van der Waals surface area contributed by atoms with Gasteiger partial charge in [-0.1, -0.05) is 42.5 Å². The number of anilines is 2. The minimum atomic E-state index is 0.718. The van der Waals surface area contributed by atoms with Crippen LogP contribution in [0, 0.1) is 0 Å². The highest BCUT2D eigenvalue weighted by molar-refractivity contribution is 5.61. The van der Waals surface area contributed by atoms with Crippen molar-refractivity contribution in [3.8, 4) is 23.0 Å². The fraction of sp³-hybridized carbons (Fsp3) is 0.172. The van der Waals surface area contributed by atoms with E-state index in [1.165, 1.54) is 5.56 Å².